The van der Waals surface area contributed by atoms with Crippen LogP contribution in [0, 0.1) is 5.41 Å². The van der Waals surface area contributed by atoms with E-state index in [1.54, 1.807) is 0 Å². The Labute approximate surface area is 98.0 Å². The highest BCUT2D eigenvalue weighted by Gasteiger charge is 2.42. The van der Waals surface area contributed by atoms with Gasteiger partial charge in [-0.2, -0.15) is 0 Å². The number of allylic oxidation sites excluding steroid dienone is 2. The summed E-state index contributed by atoms with van der Waals surface area (Å²) in [7, 11) is 0. The molecule has 2 saturated heterocycles. The number of morpholine rings is 1. The molecule has 0 unspecified atom stereocenters. The van der Waals surface area contributed by atoms with Crippen molar-refractivity contribution in [1.82, 2.24) is 9.80 Å². The molecule has 0 N–H and O–H groups in total. The van der Waals surface area contributed by atoms with Gasteiger partial charge in [-0.05, 0) is 12.8 Å². The summed E-state index contributed by atoms with van der Waals surface area (Å²) in [5, 5.41) is 0. The Kier molecular flexibility index (Phi) is 3.01. The Morgan fingerprint density at radius 2 is 1.56 bits per heavy atom. The Morgan fingerprint density at radius 3 is 2.25 bits per heavy atom. The van der Waals surface area contributed by atoms with Crippen LogP contribution in [0.25, 0.3) is 0 Å². The first kappa shape index (κ1) is 10.8. The molecule has 0 aromatic rings. The molecule has 3 rings (SSSR count). The van der Waals surface area contributed by atoms with Crippen LogP contribution in [0.1, 0.15) is 12.8 Å². The number of likely N-dealkylation sites (tertiary alicyclic amines) is 1. The summed E-state index contributed by atoms with van der Waals surface area (Å²) < 4.78 is 5.36. The predicted molar refractivity (Wildman–Crippen MR) is 64.5 cm³/mol. The van der Waals surface area contributed by atoms with Gasteiger partial charge in [0.25, 0.3) is 0 Å². The molecule has 1 aliphatic carbocycles. The fourth-order valence-corrected chi connectivity index (χ4v) is 3.18. The molecule has 2 fully saturated rings. The van der Waals surface area contributed by atoms with E-state index in [9.17, 15) is 0 Å². The van der Waals surface area contributed by atoms with Crippen LogP contribution >= 0.6 is 0 Å². The van der Waals surface area contributed by atoms with Gasteiger partial charge in [0.2, 0.25) is 0 Å². The second-order valence-corrected chi connectivity index (χ2v) is 5.54. The maximum atomic E-state index is 5.36. The molecule has 3 nitrogen and oxygen atoms in total. The Bertz CT molecular complexity index is 255. The molecule has 3 heteroatoms. The van der Waals surface area contributed by atoms with Crippen molar-refractivity contribution in [1.29, 1.82) is 0 Å². The van der Waals surface area contributed by atoms with Gasteiger partial charge in [0.15, 0.2) is 0 Å². The average Bonchev–Trinajstić information content (AvgIpc) is 2.75. The molecule has 0 aromatic heterocycles. The Balaban J connectivity index is 1.35. The lowest BCUT2D eigenvalue weighted by molar-refractivity contribution is -0.00969. The van der Waals surface area contributed by atoms with Gasteiger partial charge in [-0.15, -0.1) is 0 Å². The van der Waals surface area contributed by atoms with E-state index in [-0.39, 0.29) is 0 Å². The highest BCUT2D eigenvalue weighted by Crippen LogP contribution is 2.41. The van der Waals surface area contributed by atoms with E-state index in [1.165, 1.54) is 39.0 Å². The fourth-order valence-electron chi connectivity index (χ4n) is 3.18. The predicted octanol–water partition coefficient (Wildman–Crippen LogP) is 0.971. The molecule has 0 amide bonds. The lowest BCUT2D eigenvalue weighted by Gasteiger charge is -2.49. The molecule has 0 radical (unpaired) electrons. The first-order valence-corrected chi connectivity index (χ1v) is 6.54. The van der Waals surface area contributed by atoms with Crippen LogP contribution in [0.2, 0.25) is 0 Å². The molecule has 0 bridgehead atoms. The number of ether oxygens (including phenoxy) is 1. The van der Waals surface area contributed by atoms with Crippen LogP contribution in [-0.2, 0) is 4.74 Å². The van der Waals surface area contributed by atoms with E-state index in [1.807, 2.05) is 0 Å². The fraction of sp³-hybridized carbons (Fsp3) is 0.846. The van der Waals surface area contributed by atoms with Crippen molar-refractivity contribution in [3.8, 4) is 0 Å². The molecule has 0 atom stereocenters. The van der Waals surface area contributed by atoms with Crippen molar-refractivity contribution >= 4 is 0 Å². The summed E-state index contributed by atoms with van der Waals surface area (Å²) in [6, 6.07) is 0. The summed E-state index contributed by atoms with van der Waals surface area (Å²) >= 11 is 0. The lowest BCUT2D eigenvalue weighted by atomic mass is 9.77. The molecule has 2 aliphatic heterocycles. The second kappa shape index (κ2) is 4.47. The third-order valence-corrected chi connectivity index (χ3v) is 4.22. The molecular weight excluding hydrogens is 200 g/mol. The lowest BCUT2D eigenvalue weighted by Crippen LogP contribution is -2.56. The Hall–Kier alpha value is -0.380. The monoisotopic (exact) mass is 222 g/mol. The van der Waals surface area contributed by atoms with E-state index in [2.05, 4.69) is 22.0 Å². The average molecular weight is 222 g/mol. The van der Waals surface area contributed by atoms with Crippen molar-refractivity contribution in [2.75, 3.05) is 52.5 Å². The minimum Gasteiger partial charge on any atom is -0.379 e. The molecule has 3 aliphatic rings. The zero-order chi connectivity index (χ0) is 10.8. The van der Waals surface area contributed by atoms with E-state index >= 15 is 0 Å². The standard InChI is InChI=1S/C13H22N2O/c1-2-4-13(3-1)11-15(12-13)6-5-14-7-9-16-10-8-14/h1-2H,3-12H2. The van der Waals surface area contributed by atoms with Crippen LogP contribution in [0.5, 0.6) is 0 Å². The second-order valence-electron chi connectivity index (χ2n) is 5.54. The largest absolute Gasteiger partial charge is 0.379 e. The molecule has 1 spiro atoms. The molecule has 0 saturated carbocycles. The van der Waals surface area contributed by atoms with Gasteiger partial charge in [-0.3, -0.25) is 4.90 Å². The molecule has 16 heavy (non-hydrogen) atoms. The zero-order valence-corrected chi connectivity index (χ0v) is 10.0. The molecule has 0 aromatic carbocycles. The number of nitrogens with zero attached hydrogens (tertiary/aromatic N) is 2. The SMILES string of the molecule is C1=CCC2(C1)CN(CCN1CCOCC1)C2. The molecular formula is C13H22N2O. The number of hydrogen-bond acceptors (Lipinski definition) is 3. The van der Waals surface area contributed by atoms with Gasteiger partial charge in [-0.25, -0.2) is 0 Å². The van der Waals surface area contributed by atoms with Gasteiger partial charge in [-0.1, -0.05) is 12.2 Å². The van der Waals surface area contributed by atoms with Crippen LogP contribution in [0.3, 0.4) is 0 Å². The van der Waals surface area contributed by atoms with Gasteiger partial charge in [0, 0.05) is 44.7 Å². The van der Waals surface area contributed by atoms with E-state index in [4.69, 9.17) is 4.74 Å². The van der Waals surface area contributed by atoms with Crippen molar-refractivity contribution in [3.05, 3.63) is 12.2 Å². The van der Waals surface area contributed by atoms with Crippen LogP contribution in [0.15, 0.2) is 12.2 Å². The minimum atomic E-state index is 0.658. The summed E-state index contributed by atoms with van der Waals surface area (Å²) in [5.74, 6) is 0. The third-order valence-electron chi connectivity index (χ3n) is 4.22. The maximum absolute atomic E-state index is 5.36. The normalized spacial score (nSPS) is 29.8. The van der Waals surface area contributed by atoms with Crippen LogP contribution in [-0.4, -0.2) is 62.3 Å². The third kappa shape index (κ3) is 2.17. The number of rotatable bonds is 3. The van der Waals surface area contributed by atoms with Gasteiger partial charge < -0.3 is 9.64 Å². The van der Waals surface area contributed by atoms with E-state index < -0.39 is 0 Å². The highest BCUT2D eigenvalue weighted by atomic mass is 16.5. The Morgan fingerprint density at radius 1 is 0.938 bits per heavy atom. The quantitative estimate of drug-likeness (QED) is 0.662. The first-order chi connectivity index (χ1) is 7.86. The van der Waals surface area contributed by atoms with Crippen molar-refractivity contribution < 1.29 is 4.74 Å². The van der Waals surface area contributed by atoms with Crippen LogP contribution in [0.4, 0.5) is 0 Å². The minimum absolute atomic E-state index is 0.658. The van der Waals surface area contributed by atoms with Crippen molar-refractivity contribution in [3.63, 3.8) is 0 Å². The van der Waals surface area contributed by atoms with Gasteiger partial charge >= 0.3 is 0 Å². The summed E-state index contributed by atoms with van der Waals surface area (Å²) in [5.41, 5.74) is 0.658. The molecule has 2 heterocycles. The zero-order valence-electron chi connectivity index (χ0n) is 10.0. The number of hydrogen-bond donors (Lipinski definition) is 0. The summed E-state index contributed by atoms with van der Waals surface area (Å²) in [4.78, 5) is 5.14. The highest BCUT2D eigenvalue weighted by molar-refractivity contribution is 5.09. The van der Waals surface area contributed by atoms with Gasteiger partial charge in [0.05, 0.1) is 13.2 Å². The topological polar surface area (TPSA) is 15.7 Å². The van der Waals surface area contributed by atoms with Gasteiger partial charge in [0.1, 0.15) is 0 Å². The molecule has 90 valence electrons. The summed E-state index contributed by atoms with van der Waals surface area (Å²) in [6.07, 6.45) is 7.36. The first-order valence-electron chi connectivity index (χ1n) is 6.54. The van der Waals surface area contributed by atoms with Crippen molar-refractivity contribution in [2.24, 2.45) is 5.41 Å². The van der Waals surface area contributed by atoms with Crippen molar-refractivity contribution in [2.45, 2.75) is 12.8 Å². The smallest absolute Gasteiger partial charge is 0.0594 e. The van der Waals surface area contributed by atoms with E-state index in [0.29, 0.717) is 5.41 Å². The maximum Gasteiger partial charge on any atom is 0.0594 e. The van der Waals surface area contributed by atoms with Crippen LogP contribution < -0.4 is 0 Å². The van der Waals surface area contributed by atoms with E-state index in [0.717, 1.165) is 26.3 Å². The summed E-state index contributed by atoms with van der Waals surface area (Å²) in [6.45, 7) is 9.23.